The fourth-order valence-electron chi connectivity index (χ4n) is 3.51. The standard InChI is InChI=1S/C26H24N4O3S/c1-19(21-11-7-4-8-12-21)28-26-24(17-27)29-25(33-26)22-13-15-23(16-14-22)34(31,32)30(2)18-20-9-5-3-6-10-20/h3-16,19,28H,18H2,1-2H3/t19-/m1/s1. The summed E-state index contributed by atoms with van der Waals surface area (Å²) >= 11 is 0. The van der Waals surface area contributed by atoms with Crippen molar-refractivity contribution in [1.82, 2.24) is 9.29 Å². The summed E-state index contributed by atoms with van der Waals surface area (Å²) in [7, 11) is -2.12. The second-order valence-corrected chi connectivity index (χ2v) is 9.90. The van der Waals surface area contributed by atoms with Gasteiger partial charge in [-0.15, -0.1) is 0 Å². The molecule has 0 fully saturated rings. The summed E-state index contributed by atoms with van der Waals surface area (Å²) in [4.78, 5) is 4.44. The van der Waals surface area contributed by atoms with Crippen LogP contribution in [-0.4, -0.2) is 24.8 Å². The van der Waals surface area contributed by atoms with E-state index in [2.05, 4.69) is 10.3 Å². The van der Waals surface area contributed by atoms with E-state index >= 15 is 0 Å². The first-order valence-corrected chi connectivity index (χ1v) is 12.2. The zero-order chi connectivity index (χ0) is 24.1. The van der Waals surface area contributed by atoms with Crippen LogP contribution in [0.2, 0.25) is 0 Å². The molecular formula is C26H24N4O3S. The van der Waals surface area contributed by atoms with Gasteiger partial charge < -0.3 is 9.73 Å². The SMILES string of the molecule is C[C@@H](Nc1oc(-c2ccc(S(=O)(=O)N(C)Cc3ccccc3)cc2)nc1C#N)c1ccccc1. The maximum Gasteiger partial charge on any atom is 0.243 e. The molecule has 1 N–H and O–H groups in total. The molecule has 8 heteroatoms. The maximum atomic E-state index is 13.0. The summed E-state index contributed by atoms with van der Waals surface area (Å²) in [6.07, 6.45) is 0. The molecule has 0 saturated heterocycles. The molecule has 4 rings (SSSR count). The van der Waals surface area contributed by atoms with Gasteiger partial charge in [0.2, 0.25) is 27.5 Å². The van der Waals surface area contributed by atoms with Gasteiger partial charge >= 0.3 is 0 Å². The third-order valence-electron chi connectivity index (χ3n) is 5.44. The lowest BCUT2D eigenvalue weighted by molar-refractivity contribution is 0.466. The van der Waals surface area contributed by atoms with Gasteiger partial charge in [0.15, 0.2) is 0 Å². The Hall–Kier alpha value is -3.93. The van der Waals surface area contributed by atoms with Crippen LogP contribution in [0.15, 0.2) is 94.2 Å². The van der Waals surface area contributed by atoms with E-state index in [-0.39, 0.29) is 35.0 Å². The molecule has 0 saturated carbocycles. The topological polar surface area (TPSA) is 99.2 Å². The van der Waals surface area contributed by atoms with E-state index in [4.69, 9.17) is 4.42 Å². The van der Waals surface area contributed by atoms with E-state index in [1.165, 1.54) is 16.4 Å². The van der Waals surface area contributed by atoms with Gasteiger partial charge in [0, 0.05) is 19.2 Å². The minimum absolute atomic E-state index is 0.0956. The molecule has 4 aromatic rings. The van der Waals surface area contributed by atoms with Crippen LogP contribution in [0.5, 0.6) is 0 Å². The average Bonchev–Trinajstić information content (AvgIpc) is 3.28. The summed E-state index contributed by atoms with van der Waals surface area (Å²) in [6, 6.07) is 27.4. The number of nitrogens with zero attached hydrogens (tertiary/aromatic N) is 3. The van der Waals surface area contributed by atoms with Gasteiger partial charge in [0.05, 0.1) is 10.9 Å². The molecule has 0 spiro atoms. The van der Waals surface area contributed by atoms with Gasteiger partial charge in [-0.1, -0.05) is 60.7 Å². The quantitative estimate of drug-likeness (QED) is 0.378. The first-order valence-electron chi connectivity index (χ1n) is 10.7. The summed E-state index contributed by atoms with van der Waals surface area (Å²) in [5, 5.41) is 12.7. The Morgan fingerprint density at radius 1 is 1.00 bits per heavy atom. The molecule has 0 bridgehead atoms. The Balaban J connectivity index is 1.53. The maximum absolute atomic E-state index is 13.0. The number of rotatable bonds is 8. The van der Waals surface area contributed by atoms with Gasteiger partial charge in [0.1, 0.15) is 6.07 Å². The van der Waals surface area contributed by atoms with Gasteiger partial charge in [0.25, 0.3) is 0 Å². The fraction of sp³-hybridized carbons (Fsp3) is 0.154. The van der Waals surface area contributed by atoms with Crippen molar-refractivity contribution in [2.45, 2.75) is 24.4 Å². The molecule has 7 nitrogen and oxygen atoms in total. The number of nitrogens with one attached hydrogen (secondary N) is 1. The molecular weight excluding hydrogens is 448 g/mol. The van der Waals surface area contributed by atoms with Crippen molar-refractivity contribution in [1.29, 1.82) is 5.26 Å². The van der Waals surface area contributed by atoms with E-state index in [1.54, 1.807) is 19.2 Å². The molecule has 0 aliphatic carbocycles. The van der Waals surface area contributed by atoms with E-state index in [9.17, 15) is 13.7 Å². The van der Waals surface area contributed by atoms with Crippen molar-refractivity contribution >= 4 is 15.9 Å². The van der Waals surface area contributed by atoms with Gasteiger partial charge in [-0.25, -0.2) is 8.42 Å². The van der Waals surface area contributed by atoms with Crippen molar-refractivity contribution in [3.8, 4) is 17.5 Å². The molecule has 1 atom stereocenters. The summed E-state index contributed by atoms with van der Waals surface area (Å²) in [6.45, 7) is 2.23. The first-order chi connectivity index (χ1) is 16.4. The molecule has 0 unspecified atom stereocenters. The highest BCUT2D eigenvalue weighted by molar-refractivity contribution is 7.89. The van der Waals surface area contributed by atoms with Crippen LogP contribution in [0.3, 0.4) is 0 Å². The van der Waals surface area contributed by atoms with E-state index in [0.29, 0.717) is 5.56 Å². The van der Waals surface area contributed by atoms with E-state index in [0.717, 1.165) is 11.1 Å². The van der Waals surface area contributed by atoms with Gasteiger partial charge in [-0.05, 0) is 42.3 Å². The number of aromatic nitrogens is 1. The molecule has 0 aliphatic rings. The van der Waals surface area contributed by atoms with Gasteiger partial charge in [-0.2, -0.15) is 14.6 Å². The van der Waals surface area contributed by atoms with Gasteiger partial charge in [-0.3, -0.25) is 0 Å². The summed E-state index contributed by atoms with van der Waals surface area (Å²) in [5.74, 6) is 0.508. The first kappa shape index (κ1) is 23.2. The molecule has 3 aromatic carbocycles. The number of benzene rings is 3. The zero-order valence-corrected chi connectivity index (χ0v) is 19.7. The molecule has 0 amide bonds. The molecule has 1 heterocycles. The number of hydrogen-bond donors (Lipinski definition) is 1. The lowest BCUT2D eigenvalue weighted by Crippen LogP contribution is -2.26. The normalized spacial score (nSPS) is 12.3. The Kier molecular flexibility index (Phi) is 6.77. The number of sulfonamides is 1. The second-order valence-electron chi connectivity index (χ2n) is 7.86. The fourth-order valence-corrected chi connectivity index (χ4v) is 4.67. The van der Waals surface area contributed by atoms with Crippen LogP contribution in [0.1, 0.15) is 29.8 Å². The van der Waals surface area contributed by atoms with Crippen LogP contribution >= 0.6 is 0 Å². The van der Waals surface area contributed by atoms with Crippen LogP contribution < -0.4 is 5.32 Å². The summed E-state index contributed by atoms with van der Waals surface area (Å²) < 4.78 is 33.1. The van der Waals surface area contributed by atoms with Crippen LogP contribution in [0.4, 0.5) is 5.88 Å². The lowest BCUT2D eigenvalue weighted by atomic mass is 10.1. The highest BCUT2D eigenvalue weighted by atomic mass is 32.2. The molecule has 0 radical (unpaired) electrons. The predicted molar refractivity (Wildman–Crippen MR) is 130 cm³/mol. The van der Waals surface area contributed by atoms with Crippen LogP contribution in [0.25, 0.3) is 11.5 Å². The zero-order valence-electron chi connectivity index (χ0n) is 18.8. The molecule has 0 aliphatic heterocycles. The van der Waals surface area contributed by atoms with Crippen molar-refractivity contribution < 1.29 is 12.8 Å². The Morgan fingerprint density at radius 3 is 2.24 bits per heavy atom. The molecule has 1 aromatic heterocycles. The number of anilines is 1. The van der Waals surface area contributed by atoms with Crippen molar-refractivity contribution in [3.05, 3.63) is 102 Å². The minimum Gasteiger partial charge on any atom is -0.419 e. The minimum atomic E-state index is -3.67. The number of oxazole rings is 1. The molecule has 34 heavy (non-hydrogen) atoms. The number of hydrogen-bond acceptors (Lipinski definition) is 6. The monoisotopic (exact) mass is 472 g/mol. The predicted octanol–water partition coefficient (Wildman–Crippen LogP) is 5.21. The van der Waals surface area contributed by atoms with Crippen molar-refractivity contribution in [2.75, 3.05) is 12.4 Å². The van der Waals surface area contributed by atoms with Crippen LogP contribution in [-0.2, 0) is 16.6 Å². The average molecular weight is 473 g/mol. The summed E-state index contributed by atoms with van der Waals surface area (Å²) in [5.41, 5.74) is 2.65. The lowest BCUT2D eigenvalue weighted by Gasteiger charge is -2.17. The highest BCUT2D eigenvalue weighted by Crippen LogP contribution is 2.29. The Morgan fingerprint density at radius 2 is 1.62 bits per heavy atom. The smallest absolute Gasteiger partial charge is 0.243 e. The van der Waals surface area contributed by atoms with E-state index < -0.39 is 10.0 Å². The van der Waals surface area contributed by atoms with Crippen molar-refractivity contribution in [3.63, 3.8) is 0 Å². The third kappa shape index (κ3) is 5.01. The largest absolute Gasteiger partial charge is 0.419 e. The second kappa shape index (κ2) is 9.91. The Labute approximate surface area is 199 Å². The van der Waals surface area contributed by atoms with Crippen molar-refractivity contribution in [2.24, 2.45) is 0 Å². The Bertz CT molecular complexity index is 1390. The molecule has 172 valence electrons. The number of nitriles is 1. The van der Waals surface area contributed by atoms with Crippen LogP contribution in [0, 0.1) is 11.3 Å². The van der Waals surface area contributed by atoms with E-state index in [1.807, 2.05) is 73.7 Å². The third-order valence-corrected chi connectivity index (χ3v) is 7.26. The highest BCUT2D eigenvalue weighted by Gasteiger charge is 2.22.